The highest BCUT2D eigenvalue weighted by Gasteiger charge is 2.17. The van der Waals surface area contributed by atoms with Crippen LogP contribution in [0.25, 0.3) is 10.8 Å². The molecule has 0 aliphatic heterocycles. The minimum atomic E-state index is -0.648. The quantitative estimate of drug-likeness (QED) is 0.574. The summed E-state index contributed by atoms with van der Waals surface area (Å²) in [7, 11) is 0. The summed E-state index contributed by atoms with van der Waals surface area (Å²) in [5.74, 6) is 0. The summed E-state index contributed by atoms with van der Waals surface area (Å²) in [5.41, 5.74) is 2.94. The Morgan fingerprint density at radius 2 is 1.57 bits per heavy atom. The number of hydrogen-bond acceptors (Lipinski definition) is 1. The zero-order valence-electron chi connectivity index (χ0n) is 11.5. The average Bonchev–Trinajstić information content (AvgIpc) is 2.45. The van der Waals surface area contributed by atoms with E-state index < -0.39 is 6.10 Å². The zero-order chi connectivity index (χ0) is 15.0. The van der Waals surface area contributed by atoms with Gasteiger partial charge < -0.3 is 5.11 Å². The zero-order valence-corrected chi connectivity index (χ0v) is 14.6. The molecule has 1 nitrogen and oxygen atoms in total. The van der Waals surface area contributed by atoms with Crippen LogP contribution < -0.4 is 0 Å². The second-order valence-corrected chi connectivity index (χ2v) is 6.95. The predicted molar refractivity (Wildman–Crippen MR) is 94.6 cm³/mol. The number of benzene rings is 3. The van der Waals surface area contributed by atoms with E-state index in [1.807, 2.05) is 37.3 Å². The standard InChI is InChI=1S/C18H14Br2O/c1-11-6-7-12-4-2-3-5-16(12)17(11)18(21)13-8-14(19)10-15(20)9-13/h2-10,18,21H,1H3. The summed E-state index contributed by atoms with van der Waals surface area (Å²) in [5, 5.41) is 13.1. The Morgan fingerprint density at radius 3 is 2.29 bits per heavy atom. The highest BCUT2D eigenvalue weighted by atomic mass is 79.9. The molecule has 1 N–H and O–H groups in total. The Hall–Kier alpha value is -1.16. The first-order valence-electron chi connectivity index (χ1n) is 6.68. The first kappa shape index (κ1) is 14.8. The van der Waals surface area contributed by atoms with Gasteiger partial charge in [-0.15, -0.1) is 0 Å². The highest BCUT2D eigenvalue weighted by Crippen LogP contribution is 2.34. The van der Waals surface area contributed by atoms with Crippen LogP contribution in [0.1, 0.15) is 22.8 Å². The van der Waals surface area contributed by atoms with Gasteiger partial charge in [-0.2, -0.15) is 0 Å². The monoisotopic (exact) mass is 404 g/mol. The lowest BCUT2D eigenvalue weighted by molar-refractivity contribution is 0.221. The van der Waals surface area contributed by atoms with Crippen LogP contribution in [0, 0.1) is 6.92 Å². The van der Waals surface area contributed by atoms with Crippen LogP contribution in [0.3, 0.4) is 0 Å². The molecule has 0 bridgehead atoms. The van der Waals surface area contributed by atoms with Gasteiger partial charge in [-0.3, -0.25) is 0 Å². The van der Waals surface area contributed by atoms with E-state index in [0.717, 1.165) is 36.4 Å². The smallest absolute Gasteiger partial charge is 0.105 e. The van der Waals surface area contributed by atoms with Crippen LogP contribution in [0.15, 0.2) is 63.5 Å². The van der Waals surface area contributed by atoms with E-state index in [2.05, 4.69) is 56.1 Å². The van der Waals surface area contributed by atoms with Crippen molar-refractivity contribution in [3.63, 3.8) is 0 Å². The third-order valence-electron chi connectivity index (χ3n) is 3.66. The van der Waals surface area contributed by atoms with Crippen LogP contribution in [-0.2, 0) is 0 Å². The molecule has 21 heavy (non-hydrogen) atoms. The summed E-state index contributed by atoms with van der Waals surface area (Å²) in [6.45, 7) is 2.04. The molecule has 3 rings (SSSR count). The van der Waals surface area contributed by atoms with E-state index in [1.54, 1.807) is 0 Å². The van der Waals surface area contributed by atoms with E-state index in [0.29, 0.717) is 0 Å². The van der Waals surface area contributed by atoms with Gasteiger partial charge in [0.2, 0.25) is 0 Å². The second kappa shape index (κ2) is 5.91. The van der Waals surface area contributed by atoms with Crippen molar-refractivity contribution in [2.24, 2.45) is 0 Å². The minimum Gasteiger partial charge on any atom is -0.384 e. The molecule has 0 heterocycles. The molecule has 0 saturated heterocycles. The van der Waals surface area contributed by atoms with Gasteiger partial charge in [0.15, 0.2) is 0 Å². The molecule has 0 aliphatic carbocycles. The van der Waals surface area contributed by atoms with Gasteiger partial charge in [0, 0.05) is 8.95 Å². The van der Waals surface area contributed by atoms with E-state index >= 15 is 0 Å². The molecule has 0 aromatic heterocycles. The fraction of sp³-hybridized carbons (Fsp3) is 0.111. The third kappa shape index (κ3) is 2.91. The Labute approximate surface area is 140 Å². The van der Waals surface area contributed by atoms with Gasteiger partial charge in [0.25, 0.3) is 0 Å². The molecular weight excluding hydrogens is 392 g/mol. The van der Waals surface area contributed by atoms with Crippen molar-refractivity contribution < 1.29 is 5.11 Å². The van der Waals surface area contributed by atoms with Crippen LogP contribution in [0.5, 0.6) is 0 Å². The summed E-state index contributed by atoms with van der Waals surface area (Å²) in [6.07, 6.45) is -0.648. The maximum atomic E-state index is 10.9. The number of rotatable bonds is 2. The lowest BCUT2D eigenvalue weighted by Crippen LogP contribution is -2.03. The van der Waals surface area contributed by atoms with E-state index in [-0.39, 0.29) is 0 Å². The predicted octanol–water partition coefficient (Wildman–Crippen LogP) is 5.75. The van der Waals surface area contributed by atoms with Gasteiger partial charge in [0.05, 0.1) is 0 Å². The number of aryl methyl sites for hydroxylation is 1. The van der Waals surface area contributed by atoms with Crippen molar-refractivity contribution in [1.82, 2.24) is 0 Å². The van der Waals surface area contributed by atoms with Gasteiger partial charge in [-0.05, 0) is 52.6 Å². The number of hydrogen-bond donors (Lipinski definition) is 1. The summed E-state index contributed by atoms with van der Waals surface area (Å²) >= 11 is 6.96. The highest BCUT2D eigenvalue weighted by molar-refractivity contribution is 9.11. The molecule has 0 saturated carbocycles. The summed E-state index contributed by atoms with van der Waals surface area (Å²) in [4.78, 5) is 0. The van der Waals surface area contributed by atoms with Crippen molar-refractivity contribution in [3.05, 3.63) is 80.2 Å². The molecular formula is C18H14Br2O. The Kier molecular flexibility index (Phi) is 4.16. The Morgan fingerprint density at radius 1 is 0.905 bits per heavy atom. The Balaban J connectivity index is 2.21. The maximum absolute atomic E-state index is 10.9. The fourth-order valence-electron chi connectivity index (χ4n) is 2.67. The molecule has 3 aromatic rings. The van der Waals surface area contributed by atoms with E-state index in [1.165, 1.54) is 0 Å². The Bertz CT molecular complexity index is 791. The number of aliphatic hydroxyl groups is 1. The van der Waals surface area contributed by atoms with Crippen molar-refractivity contribution >= 4 is 42.6 Å². The molecule has 0 aliphatic rings. The van der Waals surface area contributed by atoms with Crippen LogP contribution in [-0.4, -0.2) is 5.11 Å². The van der Waals surface area contributed by atoms with Crippen molar-refractivity contribution in [2.45, 2.75) is 13.0 Å². The molecule has 106 valence electrons. The van der Waals surface area contributed by atoms with Gasteiger partial charge in [-0.1, -0.05) is 68.3 Å². The third-order valence-corrected chi connectivity index (χ3v) is 4.58. The van der Waals surface area contributed by atoms with Crippen LogP contribution in [0.4, 0.5) is 0 Å². The number of aliphatic hydroxyl groups excluding tert-OH is 1. The molecule has 0 amide bonds. The average molecular weight is 406 g/mol. The molecule has 0 spiro atoms. The molecule has 0 fully saturated rings. The normalized spacial score (nSPS) is 12.6. The van der Waals surface area contributed by atoms with Crippen molar-refractivity contribution in [2.75, 3.05) is 0 Å². The fourth-order valence-corrected chi connectivity index (χ4v) is 4.00. The van der Waals surface area contributed by atoms with Crippen molar-refractivity contribution in [3.8, 4) is 0 Å². The number of halogens is 2. The summed E-state index contributed by atoms with van der Waals surface area (Å²) < 4.78 is 1.90. The van der Waals surface area contributed by atoms with Crippen molar-refractivity contribution in [1.29, 1.82) is 0 Å². The van der Waals surface area contributed by atoms with Crippen LogP contribution in [0.2, 0.25) is 0 Å². The molecule has 3 aromatic carbocycles. The molecule has 1 atom stereocenters. The molecule has 1 unspecified atom stereocenters. The van der Waals surface area contributed by atoms with E-state index in [4.69, 9.17) is 0 Å². The first-order valence-corrected chi connectivity index (χ1v) is 8.27. The lowest BCUT2D eigenvalue weighted by atomic mass is 9.92. The summed E-state index contributed by atoms with van der Waals surface area (Å²) in [6, 6.07) is 18.2. The van der Waals surface area contributed by atoms with Gasteiger partial charge in [0.1, 0.15) is 6.10 Å². The topological polar surface area (TPSA) is 20.2 Å². The molecule has 3 heteroatoms. The van der Waals surface area contributed by atoms with Gasteiger partial charge >= 0.3 is 0 Å². The molecule has 0 radical (unpaired) electrons. The van der Waals surface area contributed by atoms with Gasteiger partial charge in [-0.25, -0.2) is 0 Å². The SMILES string of the molecule is Cc1ccc2ccccc2c1C(O)c1cc(Br)cc(Br)c1. The van der Waals surface area contributed by atoms with E-state index in [9.17, 15) is 5.11 Å². The lowest BCUT2D eigenvalue weighted by Gasteiger charge is -2.18. The maximum Gasteiger partial charge on any atom is 0.105 e. The second-order valence-electron chi connectivity index (χ2n) is 5.12. The first-order chi connectivity index (χ1) is 10.1. The minimum absolute atomic E-state index is 0.648. The van der Waals surface area contributed by atoms with Crippen LogP contribution >= 0.6 is 31.9 Å². The largest absolute Gasteiger partial charge is 0.384 e. The number of fused-ring (bicyclic) bond motifs is 1.